The van der Waals surface area contributed by atoms with Crippen LogP contribution in [0.25, 0.3) is 11.3 Å². The highest BCUT2D eigenvalue weighted by Crippen LogP contribution is 2.43. The molecule has 0 unspecified atom stereocenters. The number of benzene rings is 1. The van der Waals surface area contributed by atoms with E-state index < -0.39 is 0 Å². The van der Waals surface area contributed by atoms with Gasteiger partial charge < -0.3 is 14.6 Å². The van der Waals surface area contributed by atoms with Crippen LogP contribution in [0, 0.1) is 0 Å². The zero-order valence-electron chi connectivity index (χ0n) is 18.0. The van der Waals surface area contributed by atoms with Gasteiger partial charge in [0.15, 0.2) is 5.16 Å². The van der Waals surface area contributed by atoms with Crippen molar-refractivity contribution in [2.75, 3.05) is 19.8 Å². The normalized spacial score (nSPS) is 14.9. The molecular weight excluding hydrogens is 354 g/mol. The van der Waals surface area contributed by atoms with E-state index in [1.807, 2.05) is 11.8 Å². The average molecular weight is 388 g/mol. The van der Waals surface area contributed by atoms with Gasteiger partial charge in [0.2, 0.25) is 0 Å². The minimum Gasteiger partial charge on any atom is -0.507 e. The molecule has 148 valence electrons. The summed E-state index contributed by atoms with van der Waals surface area (Å²) >= 11 is 1.83. The van der Waals surface area contributed by atoms with Crippen LogP contribution in [0.1, 0.15) is 58.4 Å². The van der Waals surface area contributed by atoms with Crippen molar-refractivity contribution in [3.05, 3.63) is 29.0 Å². The first-order chi connectivity index (χ1) is 12.4. The smallest absolute Gasteiger partial charge is 0.168 e. The fourth-order valence-corrected chi connectivity index (χ4v) is 4.61. The van der Waals surface area contributed by atoms with Crippen LogP contribution in [0.5, 0.6) is 5.75 Å². The highest BCUT2D eigenvalue weighted by molar-refractivity contribution is 7.99. The Morgan fingerprint density at radius 2 is 1.63 bits per heavy atom. The predicted molar refractivity (Wildman–Crippen MR) is 115 cm³/mol. The third-order valence-electron chi connectivity index (χ3n) is 5.05. The summed E-state index contributed by atoms with van der Waals surface area (Å²) in [5.41, 5.74) is 5.13. The van der Waals surface area contributed by atoms with E-state index in [1.165, 1.54) is 5.69 Å². The lowest BCUT2D eigenvalue weighted by Gasteiger charge is -2.28. The van der Waals surface area contributed by atoms with Crippen molar-refractivity contribution < 1.29 is 5.11 Å². The Morgan fingerprint density at radius 3 is 2.11 bits per heavy atom. The van der Waals surface area contributed by atoms with Gasteiger partial charge in [-0.25, -0.2) is 4.98 Å². The number of hydrogen-bond donors (Lipinski definition) is 1. The molecule has 3 rings (SSSR count). The maximum absolute atomic E-state index is 11.0. The molecule has 2 aromatic rings. The number of imidazole rings is 1. The molecule has 0 bridgehead atoms. The van der Waals surface area contributed by atoms with Crippen LogP contribution in [-0.4, -0.2) is 39.4 Å². The third kappa shape index (κ3) is 3.90. The minimum absolute atomic E-state index is 0.140. The van der Waals surface area contributed by atoms with Crippen LogP contribution in [-0.2, 0) is 23.9 Å². The number of fused-ring (bicyclic) bond motifs is 1. The fraction of sp³-hybridized carbons (Fsp3) is 0.591. The molecule has 1 aliphatic heterocycles. The van der Waals surface area contributed by atoms with Gasteiger partial charge in [0.1, 0.15) is 5.75 Å². The first-order valence-corrected chi connectivity index (χ1v) is 10.6. The van der Waals surface area contributed by atoms with Crippen LogP contribution in [0.15, 0.2) is 17.3 Å². The molecule has 1 N–H and O–H groups in total. The molecule has 0 spiro atoms. The van der Waals surface area contributed by atoms with Gasteiger partial charge >= 0.3 is 0 Å². The largest absolute Gasteiger partial charge is 0.507 e. The van der Waals surface area contributed by atoms with Crippen molar-refractivity contribution in [2.45, 2.75) is 70.6 Å². The number of aromatic nitrogens is 2. The van der Waals surface area contributed by atoms with Gasteiger partial charge in [-0.3, -0.25) is 0 Å². The number of phenolic OH excluding ortho intramolecular Hbond substituents is 1. The number of hydrogen-bond acceptors (Lipinski definition) is 4. The van der Waals surface area contributed by atoms with E-state index in [4.69, 9.17) is 4.98 Å². The second-order valence-corrected chi connectivity index (χ2v) is 10.9. The molecule has 0 aliphatic carbocycles. The Labute approximate surface area is 168 Å². The van der Waals surface area contributed by atoms with Gasteiger partial charge in [0.25, 0.3) is 0 Å². The lowest BCUT2D eigenvalue weighted by atomic mass is 9.78. The van der Waals surface area contributed by atoms with Gasteiger partial charge in [0, 0.05) is 35.5 Å². The molecule has 0 saturated heterocycles. The summed E-state index contributed by atoms with van der Waals surface area (Å²) in [6.45, 7) is 14.8. The lowest BCUT2D eigenvalue weighted by Crippen LogP contribution is -2.18. The quantitative estimate of drug-likeness (QED) is 0.803. The molecule has 1 aromatic heterocycles. The highest BCUT2D eigenvalue weighted by atomic mass is 32.2. The molecular formula is C22H33N3OS. The molecule has 0 radical (unpaired) electrons. The summed E-state index contributed by atoms with van der Waals surface area (Å²) in [6.07, 6.45) is 0. The SMILES string of the molecule is CN(C)Cc1c(-c2cc(C(C)(C)C)c(O)c(C(C)(C)C)c2)nc2n1CCS2. The summed E-state index contributed by atoms with van der Waals surface area (Å²) in [7, 11) is 4.20. The van der Waals surface area contributed by atoms with Gasteiger partial charge in [-0.15, -0.1) is 0 Å². The Bertz CT molecular complexity index is 819. The summed E-state index contributed by atoms with van der Waals surface area (Å²) < 4.78 is 2.36. The molecule has 0 atom stereocenters. The topological polar surface area (TPSA) is 41.3 Å². The van der Waals surface area contributed by atoms with E-state index in [9.17, 15) is 5.11 Å². The number of rotatable bonds is 3. The van der Waals surface area contributed by atoms with Crippen molar-refractivity contribution in [3.63, 3.8) is 0 Å². The van der Waals surface area contributed by atoms with Crippen LogP contribution >= 0.6 is 11.8 Å². The molecule has 0 saturated carbocycles. The second-order valence-electron chi connectivity index (χ2n) is 9.85. The third-order valence-corrected chi connectivity index (χ3v) is 6.01. The van der Waals surface area contributed by atoms with Crippen molar-refractivity contribution in [3.8, 4) is 17.0 Å². The molecule has 27 heavy (non-hydrogen) atoms. The van der Waals surface area contributed by atoms with E-state index in [2.05, 4.69) is 77.2 Å². The highest BCUT2D eigenvalue weighted by Gasteiger charge is 2.29. The maximum Gasteiger partial charge on any atom is 0.168 e. The first kappa shape index (κ1) is 20.3. The summed E-state index contributed by atoms with van der Waals surface area (Å²) in [4.78, 5) is 7.21. The Hall–Kier alpha value is -1.46. The first-order valence-electron chi connectivity index (χ1n) is 9.65. The molecule has 0 fully saturated rings. The predicted octanol–water partition coefficient (Wildman–Crippen LogP) is 5.02. The number of thioether (sulfide) groups is 1. The van der Waals surface area contributed by atoms with E-state index >= 15 is 0 Å². The van der Waals surface area contributed by atoms with Gasteiger partial charge in [-0.2, -0.15) is 0 Å². The van der Waals surface area contributed by atoms with E-state index in [0.29, 0.717) is 5.75 Å². The van der Waals surface area contributed by atoms with E-state index in [0.717, 1.165) is 46.4 Å². The standard InChI is InChI=1S/C22H33N3OS/c1-21(2,3)15-11-14(12-16(19(15)26)22(4,5)6)18-17(13-24(7)8)25-9-10-27-20(25)23-18/h11-12,26H,9-10,13H2,1-8H3. The summed E-state index contributed by atoms with van der Waals surface area (Å²) in [5, 5.41) is 12.1. The minimum atomic E-state index is -0.140. The van der Waals surface area contributed by atoms with Crippen LogP contribution in [0.3, 0.4) is 0 Å². The van der Waals surface area contributed by atoms with Crippen LogP contribution in [0.4, 0.5) is 0 Å². The van der Waals surface area contributed by atoms with Crippen molar-refractivity contribution in [1.29, 1.82) is 0 Å². The Kier molecular flexibility index (Phi) is 5.15. The molecule has 5 heteroatoms. The van der Waals surface area contributed by atoms with E-state index in [-0.39, 0.29) is 10.8 Å². The molecule has 4 nitrogen and oxygen atoms in total. The lowest BCUT2D eigenvalue weighted by molar-refractivity contribution is 0.387. The second kappa shape index (κ2) is 6.85. The molecule has 2 heterocycles. The monoisotopic (exact) mass is 387 g/mol. The Balaban J connectivity index is 2.26. The summed E-state index contributed by atoms with van der Waals surface area (Å²) in [6, 6.07) is 4.29. The van der Waals surface area contributed by atoms with E-state index in [1.54, 1.807) is 0 Å². The zero-order chi connectivity index (χ0) is 20.1. The van der Waals surface area contributed by atoms with Crippen LogP contribution in [0.2, 0.25) is 0 Å². The van der Waals surface area contributed by atoms with Crippen molar-refractivity contribution in [2.24, 2.45) is 0 Å². The number of aromatic hydroxyl groups is 1. The van der Waals surface area contributed by atoms with Gasteiger partial charge in [-0.05, 0) is 37.1 Å². The fourth-order valence-electron chi connectivity index (χ4n) is 3.64. The maximum atomic E-state index is 11.0. The molecule has 0 amide bonds. The average Bonchev–Trinajstić information content (AvgIpc) is 3.07. The van der Waals surface area contributed by atoms with Crippen LogP contribution < -0.4 is 0 Å². The molecule has 1 aromatic carbocycles. The Morgan fingerprint density at radius 1 is 1.07 bits per heavy atom. The summed E-state index contributed by atoms with van der Waals surface area (Å²) in [5.74, 6) is 1.52. The van der Waals surface area contributed by atoms with Gasteiger partial charge in [-0.1, -0.05) is 53.3 Å². The van der Waals surface area contributed by atoms with Crippen molar-refractivity contribution in [1.82, 2.24) is 14.5 Å². The number of phenols is 1. The molecule has 1 aliphatic rings. The van der Waals surface area contributed by atoms with Gasteiger partial charge in [0.05, 0.1) is 11.4 Å². The number of nitrogens with zero attached hydrogens (tertiary/aromatic N) is 3. The zero-order valence-corrected chi connectivity index (χ0v) is 18.8. The van der Waals surface area contributed by atoms with Crippen molar-refractivity contribution >= 4 is 11.8 Å².